The minimum absolute atomic E-state index is 0.0738. The standard InChI is InChI=1S/C112H80N12O12/c1-116-105(112(130)131)65-77-28-44-91(45-29-77)124(87-20-12-5-13-21-87)72-135-95-52-36-81(37-53-95)109-103-60-56-99(119-103)106(78-30-46-92(47-31-78)132-69-121(84-14-6-2-7-15-84)88-38-22-74(23-39-88)62-82(66-113)110(126)127)97-54-58-101(117-97)108(80-34-50-94(51-35-80)134-71-123(86-18-10-4-11-19-86)90-42-26-76(27-43-90)64-96(68-115)136-73-125)102-59-55-98(118-102)107(100-57-61-104(109)120-100)79-32-48-93(49-33-79)133-70-122(85-16-8-3-9-17-85)89-40-24-75(25-41-89)63-83(67-114)111(128)129/h2-65,73,117-120H,69-72H2,(H,126,127)(H,128,129)(H,130,131)/b82-62-,83-63-,96-64+,105-65-,106-97?,106-99?,107-98?,107-100?,108-101?,108-102?,109-103?,109-104?. The van der Waals surface area contributed by atoms with Crippen LogP contribution in [0.1, 0.15) is 67.3 Å². The van der Waals surface area contributed by atoms with Crippen molar-refractivity contribution in [3.05, 3.63) is 487 Å². The third-order valence-corrected chi connectivity index (χ3v) is 22.6. The summed E-state index contributed by atoms with van der Waals surface area (Å²) in [7, 11) is 0. The molecule has 4 aromatic heterocycles. The zero-order chi connectivity index (χ0) is 93.8. The number of hydrogen-bond donors (Lipinski definition) is 7. The Morgan fingerprint density at radius 3 is 0.779 bits per heavy atom. The Kier molecular flexibility index (Phi) is 26.8. The Hall–Kier alpha value is -19.6. The fourth-order valence-electron chi connectivity index (χ4n) is 15.8. The van der Waals surface area contributed by atoms with E-state index in [9.17, 15) is 50.3 Å². The number of anilines is 8. The van der Waals surface area contributed by atoms with E-state index in [-0.39, 0.29) is 50.3 Å². The number of benzene rings is 12. The van der Waals surface area contributed by atoms with Gasteiger partial charge in [-0.1, -0.05) is 170 Å². The van der Waals surface area contributed by atoms with Crippen molar-refractivity contribution in [2.24, 2.45) is 0 Å². The first-order valence-corrected chi connectivity index (χ1v) is 42.8. The lowest BCUT2D eigenvalue weighted by Crippen LogP contribution is -2.23. The number of fused-ring (bicyclic) bond motifs is 8. The number of nitriles is 3. The number of para-hydroxylation sites is 4. The average molecular weight is 1790 g/mol. The number of H-pyrrole nitrogens is 4. The van der Waals surface area contributed by atoms with Crippen molar-refractivity contribution in [1.29, 1.82) is 15.8 Å². The molecule has 0 spiro atoms. The number of aliphatic carboxylic acids is 3. The number of ether oxygens (including phenoxy) is 5. The Bertz CT molecular complexity index is 7100. The molecule has 24 nitrogen and oxygen atoms in total. The summed E-state index contributed by atoms with van der Waals surface area (Å²) in [6.07, 6.45) is 5.47. The first kappa shape index (κ1) is 88.5. The predicted octanol–water partition coefficient (Wildman–Crippen LogP) is 19.4. The van der Waals surface area contributed by atoms with Gasteiger partial charge in [0.05, 0.1) is 6.57 Å². The number of nitrogens with zero attached hydrogens (tertiary/aromatic N) is 8. The van der Waals surface area contributed by atoms with Gasteiger partial charge in [0.15, 0.2) is 26.9 Å². The number of carboxylic acid groups (broad SMARTS) is 3. The maximum absolute atomic E-state index is 11.8. The van der Waals surface area contributed by atoms with Gasteiger partial charge in [-0.2, -0.15) is 15.8 Å². The lowest BCUT2D eigenvalue weighted by atomic mass is 10.0. The number of carbonyl (C=O) groups excluding carboxylic acids is 1. The van der Waals surface area contributed by atoms with Gasteiger partial charge in [0.1, 0.15) is 52.4 Å². The highest BCUT2D eigenvalue weighted by atomic mass is 16.5. The van der Waals surface area contributed by atoms with E-state index < -0.39 is 23.6 Å². The van der Waals surface area contributed by atoms with Gasteiger partial charge in [-0.3, -0.25) is 9.59 Å². The number of carbonyl (C=O) groups is 4. The number of allylic oxidation sites excluding steroid dienone is 1. The molecule has 0 unspecified atom stereocenters. The summed E-state index contributed by atoms with van der Waals surface area (Å²) in [5, 5.41) is 60.5. The molecule has 1 aliphatic heterocycles. The molecule has 24 heteroatoms. The molecule has 17 rings (SSSR count). The van der Waals surface area contributed by atoms with Gasteiger partial charge in [-0.15, -0.1) is 0 Å². The van der Waals surface area contributed by atoms with Gasteiger partial charge >= 0.3 is 17.9 Å². The van der Waals surface area contributed by atoms with E-state index >= 15 is 0 Å². The van der Waals surface area contributed by atoms with E-state index in [0.29, 0.717) is 45.3 Å². The van der Waals surface area contributed by atoms with E-state index in [4.69, 9.17) is 30.3 Å². The largest absolute Gasteiger partial charge is 0.486 e. The van der Waals surface area contributed by atoms with E-state index in [0.717, 1.165) is 134 Å². The van der Waals surface area contributed by atoms with Crippen molar-refractivity contribution in [1.82, 2.24) is 19.9 Å². The summed E-state index contributed by atoms with van der Waals surface area (Å²) in [5.41, 5.74) is 17.1. The summed E-state index contributed by atoms with van der Waals surface area (Å²) in [6.45, 7) is 7.95. The van der Waals surface area contributed by atoms with E-state index in [1.54, 1.807) is 48.5 Å². The van der Waals surface area contributed by atoms with Crippen LogP contribution >= 0.6 is 0 Å². The highest BCUT2D eigenvalue weighted by Gasteiger charge is 2.24. The van der Waals surface area contributed by atoms with Crippen LogP contribution < -0.4 is 59.9 Å². The molecule has 0 saturated heterocycles. The number of carboxylic acids is 3. The average Bonchev–Trinajstić information content (AvgIpc) is 1.61. The number of rotatable bonds is 33. The van der Waals surface area contributed by atoms with Gasteiger partial charge in [0.25, 0.3) is 12.2 Å². The summed E-state index contributed by atoms with van der Waals surface area (Å²) in [4.78, 5) is 73.4. The van der Waals surface area contributed by atoms with Crippen LogP contribution in [0.2, 0.25) is 0 Å². The van der Waals surface area contributed by atoms with Gasteiger partial charge in [0, 0.05) is 112 Å². The van der Waals surface area contributed by atoms with Gasteiger partial charge in [-0.25, -0.2) is 14.4 Å². The highest BCUT2D eigenvalue weighted by Crippen LogP contribution is 2.37. The molecule has 0 radical (unpaired) electrons. The van der Waals surface area contributed by atoms with Crippen LogP contribution in [-0.2, 0) is 23.9 Å². The molecular formula is C112H80N12O12. The van der Waals surface area contributed by atoms with Crippen molar-refractivity contribution in [3.63, 3.8) is 0 Å². The molecule has 8 bridgehead atoms. The molecule has 136 heavy (non-hydrogen) atoms. The quantitative estimate of drug-likeness (QED) is 0.00502. The zero-order valence-electron chi connectivity index (χ0n) is 72.4. The lowest BCUT2D eigenvalue weighted by Gasteiger charge is -2.25. The molecule has 0 aliphatic carbocycles. The Morgan fingerprint density at radius 2 is 0.551 bits per heavy atom. The Labute approximate surface area is 780 Å². The van der Waals surface area contributed by atoms with Crippen LogP contribution in [0, 0.1) is 40.6 Å². The molecule has 5 heterocycles. The normalized spacial score (nSPS) is 11.9. The van der Waals surface area contributed by atoms with Crippen LogP contribution in [0.4, 0.5) is 45.5 Å². The maximum atomic E-state index is 11.8. The minimum atomic E-state index is -1.32. The summed E-state index contributed by atoms with van der Waals surface area (Å²) in [6, 6.07) is 122. The third kappa shape index (κ3) is 20.6. The molecule has 7 N–H and O–H groups in total. The van der Waals surface area contributed by atoms with Gasteiger partial charge in [0.2, 0.25) is 5.76 Å². The predicted molar refractivity (Wildman–Crippen MR) is 521 cm³/mol. The molecule has 0 saturated carbocycles. The summed E-state index contributed by atoms with van der Waals surface area (Å²) < 4.78 is 31.7. The Morgan fingerprint density at radius 1 is 0.301 bits per heavy atom. The van der Waals surface area contributed by atoms with Crippen LogP contribution in [0.25, 0.3) is 51.4 Å². The molecule has 660 valence electrons. The smallest absolute Gasteiger partial charge is 0.346 e. The minimum Gasteiger partial charge on any atom is -0.486 e. The molecule has 12 aromatic carbocycles. The van der Waals surface area contributed by atoms with Crippen molar-refractivity contribution in [2.75, 3.05) is 46.5 Å². The fourth-order valence-corrected chi connectivity index (χ4v) is 15.8. The Balaban J connectivity index is 0.779. The van der Waals surface area contributed by atoms with E-state index in [1.807, 2.05) is 305 Å². The highest BCUT2D eigenvalue weighted by molar-refractivity contribution is 5.98. The van der Waals surface area contributed by atoms with Gasteiger partial charge < -0.3 is 78.5 Å². The molecule has 1 aliphatic rings. The summed E-state index contributed by atoms with van der Waals surface area (Å²) in [5.74, 6) is -1.83. The zero-order valence-corrected chi connectivity index (χ0v) is 72.4. The van der Waals surface area contributed by atoms with Crippen molar-refractivity contribution in [2.45, 2.75) is 0 Å². The number of hydrogen-bond acceptors (Lipinski definition) is 16. The van der Waals surface area contributed by atoms with Crippen molar-refractivity contribution < 1.29 is 58.2 Å². The lowest BCUT2D eigenvalue weighted by molar-refractivity contribution is -0.133. The second-order valence-corrected chi connectivity index (χ2v) is 31.0. The molecular weight excluding hydrogens is 1710 g/mol. The molecule has 0 fully saturated rings. The monoisotopic (exact) mass is 1780 g/mol. The van der Waals surface area contributed by atoms with Crippen molar-refractivity contribution in [3.8, 4) is 41.2 Å². The third-order valence-electron chi connectivity index (χ3n) is 22.6. The van der Waals surface area contributed by atoms with E-state index in [2.05, 4.69) is 73.3 Å². The van der Waals surface area contributed by atoms with Crippen LogP contribution in [-0.4, -0.2) is 86.6 Å². The first-order chi connectivity index (χ1) is 66.6. The SMILES string of the molecule is [C-]#[N+]/C(=C\c1ccc(N(COc2ccc(C3=c4ccc([nH]4)=C(c4ccc(OCN(c5ccccc5)c5ccc(/C=C(/C#N)C(=O)O)cc5)cc4)c4ccc([nH]4)C(c4ccc(OCN(c5ccccc5)c5ccc(/C=C(\C#N)OC=O)cc5)cc4)=c4ccc([nH]4)=C(c4ccc(OCN(c5ccccc5)c5ccc(/C=C(/C#N)C(=O)O)cc5)cc4)c4ccc3[nH]4)cc2)c2ccccc2)cc1)C(=O)O. The van der Waals surface area contributed by atoms with Gasteiger partial charge in [-0.05, 0) is 263 Å². The molecule has 0 amide bonds. The molecule has 0 atom stereocenters. The van der Waals surface area contributed by atoms with Crippen LogP contribution in [0.3, 0.4) is 0 Å². The number of aromatic amines is 4. The maximum Gasteiger partial charge on any atom is 0.346 e. The van der Waals surface area contributed by atoms with Crippen LogP contribution in [0.5, 0.6) is 23.0 Å². The second kappa shape index (κ2) is 41.3. The second-order valence-electron chi connectivity index (χ2n) is 31.0. The van der Waals surface area contributed by atoms with Crippen molar-refractivity contribution >= 4 is 116 Å². The molecule has 16 aromatic rings. The first-order valence-electron chi connectivity index (χ1n) is 42.8. The number of aromatic nitrogens is 4. The van der Waals surface area contributed by atoms with Crippen LogP contribution in [0.15, 0.2) is 387 Å². The fraction of sp³-hybridized carbons (Fsp3) is 0.0357. The van der Waals surface area contributed by atoms with E-state index in [1.165, 1.54) is 24.3 Å². The number of nitrogens with one attached hydrogen (secondary N) is 4. The topological polar surface area (TPSA) is 327 Å². The summed E-state index contributed by atoms with van der Waals surface area (Å²) >= 11 is 0.